The molecule has 0 saturated carbocycles. The van der Waals surface area contributed by atoms with Crippen molar-refractivity contribution in [1.82, 2.24) is 14.9 Å². The standard InChI is InChI=1S/C28H31N3O4/c1-33-22-16-14-21(15-17-22)28(32)29-18-7-13-27-30-23-9-3-4-10-24(23)31(27)19-8-20-35-26-12-6-5-11-25(26)34-2/h3-6,9-12,14-17H,7-8,13,18-20H2,1-2H3,(H,29,32). The molecule has 3 aromatic carbocycles. The normalized spacial score (nSPS) is 10.8. The second-order valence-corrected chi connectivity index (χ2v) is 8.11. The molecule has 1 aromatic heterocycles. The fourth-order valence-electron chi connectivity index (χ4n) is 4.00. The first-order chi connectivity index (χ1) is 17.2. The van der Waals surface area contributed by atoms with Crippen LogP contribution in [0.25, 0.3) is 11.0 Å². The number of methoxy groups -OCH3 is 2. The van der Waals surface area contributed by atoms with Crippen LogP contribution in [0.1, 0.15) is 29.0 Å². The number of aromatic nitrogens is 2. The molecule has 0 aliphatic rings. The molecule has 0 aliphatic carbocycles. The first kappa shape index (κ1) is 24.1. The van der Waals surface area contributed by atoms with Crippen molar-refractivity contribution in [3.8, 4) is 17.2 Å². The van der Waals surface area contributed by atoms with E-state index < -0.39 is 0 Å². The Balaban J connectivity index is 1.32. The van der Waals surface area contributed by atoms with E-state index in [1.54, 1.807) is 38.5 Å². The molecule has 7 nitrogen and oxygen atoms in total. The van der Waals surface area contributed by atoms with Gasteiger partial charge < -0.3 is 24.1 Å². The van der Waals surface area contributed by atoms with Gasteiger partial charge in [-0.15, -0.1) is 0 Å². The van der Waals surface area contributed by atoms with Crippen molar-refractivity contribution in [2.75, 3.05) is 27.4 Å². The lowest BCUT2D eigenvalue weighted by Crippen LogP contribution is -2.25. The zero-order valence-electron chi connectivity index (χ0n) is 20.2. The predicted octanol–water partition coefficient (Wildman–Crippen LogP) is 4.89. The third-order valence-corrected chi connectivity index (χ3v) is 5.80. The molecule has 4 aromatic rings. The van der Waals surface area contributed by atoms with Gasteiger partial charge in [0, 0.05) is 25.1 Å². The number of imidazole rings is 1. The Morgan fingerprint density at radius 1 is 0.886 bits per heavy atom. The van der Waals surface area contributed by atoms with Crippen molar-refractivity contribution in [2.45, 2.75) is 25.8 Å². The quantitative estimate of drug-likeness (QED) is 0.297. The number of hydrogen-bond donors (Lipinski definition) is 1. The van der Waals surface area contributed by atoms with Gasteiger partial charge in [0.2, 0.25) is 0 Å². The van der Waals surface area contributed by atoms with Crippen LogP contribution in [0.4, 0.5) is 0 Å². The first-order valence-corrected chi connectivity index (χ1v) is 11.8. The molecule has 0 aliphatic heterocycles. The summed E-state index contributed by atoms with van der Waals surface area (Å²) in [6, 6.07) is 22.9. The fourth-order valence-corrected chi connectivity index (χ4v) is 4.00. The molecule has 0 fully saturated rings. The van der Waals surface area contributed by atoms with Crippen molar-refractivity contribution in [1.29, 1.82) is 0 Å². The number of para-hydroxylation sites is 4. The molecule has 0 unspecified atom stereocenters. The number of rotatable bonds is 12. The maximum atomic E-state index is 12.4. The Kier molecular flexibility index (Phi) is 8.22. The summed E-state index contributed by atoms with van der Waals surface area (Å²) in [5.74, 6) is 3.14. The van der Waals surface area contributed by atoms with Gasteiger partial charge in [0.05, 0.1) is 31.9 Å². The van der Waals surface area contributed by atoms with Gasteiger partial charge in [0.25, 0.3) is 5.91 Å². The predicted molar refractivity (Wildman–Crippen MR) is 136 cm³/mol. The van der Waals surface area contributed by atoms with Gasteiger partial charge in [-0.1, -0.05) is 24.3 Å². The average Bonchev–Trinajstić information content (AvgIpc) is 3.26. The minimum Gasteiger partial charge on any atom is -0.497 e. The number of hydrogen-bond acceptors (Lipinski definition) is 5. The SMILES string of the molecule is COc1ccc(C(=O)NCCCc2nc3ccccc3n2CCCOc2ccccc2OC)cc1. The third-order valence-electron chi connectivity index (χ3n) is 5.80. The van der Waals surface area contributed by atoms with Gasteiger partial charge in [-0.05, 0) is 61.4 Å². The minimum atomic E-state index is -0.0883. The number of carbonyl (C=O) groups excluding carboxylic acids is 1. The number of amides is 1. The van der Waals surface area contributed by atoms with E-state index in [0.717, 1.165) is 59.9 Å². The highest BCUT2D eigenvalue weighted by Crippen LogP contribution is 2.26. The van der Waals surface area contributed by atoms with Gasteiger partial charge in [-0.25, -0.2) is 4.98 Å². The van der Waals surface area contributed by atoms with Crippen LogP contribution in [-0.2, 0) is 13.0 Å². The number of ether oxygens (including phenoxy) is 3. The molecule has 1 heterocycles. The Morgan fingerprint density at radius 3 is 2.40 bits per heavy atom. The van der Waals surface area contributed by atoms with Crippen LogP contribution in [0, 0.1) is 0 Å². The summed E-state index contributed by atoms with van der Waals surface area (Å²) in [4.78, 5) is 17.3. The summed E-state index contributed by atoms with van der Waals surface area (Å²) in [7, 11) is 3.25. The number of carbonyl (C=O) groups is 1. The molecule has 35 heavy (non-hydrogen) atoms. The van der Waals surface area contributed by atoms with Crippen LogP contribution in [0.15, 0.2) is 72.8 Å². The Labute approximate surface area is 205 Å². The topological polar surface area (TPSA) is 74.6 Å². The Bertz CT molecular complexity index is 1250. The molecule has 0 bridgehead atoms. The molecular weight excluding hydrogens is 442 g/mol. The number of fused-ring (bicyclic) bond motifs is 1. The maximum absolute atomic E-state index is 12.4. The maximum Gasteiger partial charge on any atom is 0.251 e. The molecule has 7 heteroatoms. The molecule has 4 rings (SSSR count). The molecule has 0 spiro atoms. The van der Waals surface area contributed by atoms with Gasteiger partial charge >= 0.3 is 0 Å². The van der Waals surface area contributed by atoms with E-state index in [-0.39, 0.29) is 5.91 Å². The van der Waals surface area contributed by atoms with E-state index in [4.69, 9.17) is 19.2 Å². The van der Waals surface area contributed by atoms with Crippen LogP contribution in [0.2, 0.25) is 0 Å². The average molecular weight is 474 g/mol. The van der Waals surface area contributed by atoms with Gasteiger partial charge in [0.15, 0.2) is 11.5 Å². The zero-order chi connectivity index (χ0) is 24.5. The summed E-state index contributed by atoms with van der Waals surface area (Å²) < 4.78 is 18.7. The third kappa shape index (κ3) is 6.12. The zero-order valence-corrected chi connectivity index (χ0v) is 20.2. The van der Waals surface area contributed by atoms with E-state index in [9.17, 15) is 4.79 Å². The lowest BCUT2D eigenvalue weighted by Gasteiger charge is -2.12. The molecule has 0 saturated heterocycles. The first-order valence-electron chi connectivity index (χ1n) is 11.8. The second kappa shape index (κ2) is 11.9. The summed E-state index contributed by atoms with van der Waals surface area (Å²) in [5.41, 5.74) is 2.71. The number of aryl methyl sites for hydroxylation is 2. The fraction of sp³-hybridized carbons (Fsp3) is 0.286. The van der Waals surface area contributed by atoms with E-state index in [2.05, 4.69) is 16.0 Å². The number of nitrogens with one attached hydrogen (secondary N) is 1. The van der Waals surface area contributed by atoms with Crippen molar-refractivity contribution in [2.24, 2.45) is 0 Å². The van der Waals surface area contributed by atoms with Crippen LogP contribution in [0.3, 0.4) is 0 Å². The smallest absolute Gasteiger partial charge is 0.251 e. The highest BCUT2D eigenvalue weighted by atomic mass is 16.5. The summed E-state index contributed by atoms with van der Waals surface area (Å²) >= 11 is 0. The summed E-state index contributed by atoms with van der Waals surface area (Å²) in [6.45, 7) is 1.94. The van der Waals surface area contributed by atoms with Crippen molar-refractivity contribution in [3.63, 3.8) is 0 Å². The van der Waals surface area contributed by atoms with Crippen molar-refractivity contribution >= 4 is 16.9 Å². The van der Waals surface area contributed by atoms with Crippen molar-refractivity contribution in [3.05, 3.63) is 84.2 Å². The Morgan fingerprint density at radius 2 is 1.63 bits per heavy atom. The number of benzene rings is 3. The summed E-state index contributed by atoms with van der Waals surface area (Å²) in [6.07, 6.45) is 2.40. The lowest BCUT2D eigenvalue weighted by atomic mass is 10.2. The minimum absolute atomic E-state index is 0.0883. The van der Waals surface area contributed by atoms with Crippen LogP contribution >= 0.6 is 0 Å². The van der Waals surface area contributed by atoms with Crippen LogP contribution in [0.5, 0.6) is 17.2 Å². The van der Waals surface area contributed by atoms with E-state index in [0.29, 0.717) is 18.7 Å². The van der Waals surface area contributed by atoms with Crippen molar-refractivity contribution < 1.29 is 19.0 Å². The van der Waals surface area contributed by atoms with E-state index in [1.165, 1.54) is 0 Å². The highest BCUT2D eigenvalue weighted by molar-refractivity contribution is 5.94. The molecule has 1 N–H and O–H groups in total. The molecule has 0 radical (unpaired) electrons. The molecule has 182 valence electrons. The molecule has 0 atom stereocenters. The molecule has 1 amide bonds. The van der Waals surface area contributed by atoms with Gasteiger partial charge in [-0.2, -0.15) is 0 Å². The van der Waals surface area contributed by atoms with Crippen LogP contribution in [-0.4, -0.2) is 42.8 Å². The second-order valence-electron chi connectivity index (χ2n) is 8.11. The monoisotopic (exact) mass is 473 g/mol. The highest BCUT2D eigenvalue weighted by Gasteiger charge is 2.11. The van der Waals surface area contributed by atoms with E-state index in [1.807, 2.05) is 42.5 Å². The lowest BCUT2D eigenvalue weighted by molar-refractivity contribution is 0.0953. The van der Waals surface area contributed by atoms with Crippen LogP contribution < -0.4 is 19.5 Å². The molecular formula is C28H31N3O4. The largest absolute Gasteiger partial charge is 0.497 e. The van der Waals surface area contributed by atoms with E-state index >= 15 is 0 Å². The Hall–Kier alpha value is -4.00. The number of nitrogens with zero attached hydrogens (tertiary/aromatic N) is 2. The summed E-state index contributed by atoms with van der Waals surface area (Å²) in [5, 5.41) is 2.99. The van der Waals surface area contributed by atoms with Gasteiger partial charge in [-0.3, -0.25) is 4.79 Å². The van der Waals surface area contributed by atoms with Gasteiger partial charge in [0.1, 0.15) is 11.6 Å².